The fourth-order valence-corrected chi connectivity index (χ4v) is 1.38. The van der Waals surface area contributed by atoms with Crippen LogP contribution < -0.4 is 10.6 Å². The maximum atomic E-state index is 10.9. The van der Waals surface area contributed by atoms with Crippen LogP contribution in [0, 0.1) is 0 Å². The minimum Gasteiger partial charge on any atom is -0.433 e. The van der Waals surface area contributed by atoms with Gasteiger partial charge in [-0.3, -0.25) is 5.32 Å². The molecule has 1 atom stereocenters. The molecule has 0 fully saturated rings. The van der Waals surface area contributed by atoms with E-state index in [0.29, 0.717) is 4.48 Å². The average molecular weight is 314 g/mol. The lowest BCUT2D eigenvalue weighted by atomic mass is 10.5. The van der Waals surface area contributed by atoms with Crippen molar-refractivity contribution in [3.63, 3.8) is 0 Å². The van der Waals surface area contributed by atoms with Crippen LogP contribution in [0.3, 0.4) is 0 Å². The Balaban J connectivity index is 2.66. The van der Waals surface area contributed by atoms with Crippen molar-refractivity contribution < 1.29 is 14.3 Å². The molecule has 2 amide bonds. The van der Waals surface area contributed by atoms with Crippen LogP contribution in [0.15, 0.2) is 8.96 Å². The number of halogens is 2. The fraction of sp³-hybridized carbons (Fsp3) is 0.333. The van der Waals surface area contributed by atoms with E-state index >= 15 is 0 Å². The Bertz CT molecular complexity index is 290. The van der Waals surface area contributed by atoms with Gasteiger partial charge in [-0.1, -0.05) is 0 Å². The molecule has 0 radical (unpaired) electrons. The summed E-state index contributed by atoms with van der Waals surface area (Å²) in [5, 5.41) is 4.75. The van der Waals surface area contributed by atoms with E-state index in [9.17, 15) is 9.59 Å². The van der Waals surface area contributed by atoms with Crippen molar-refractivity contribution in [2.75, 3.05) is 7.05 Å². The van der Waals surface area contributed by atoms with Crippen molar-refractivity contribution >= 4 is 43.9 Å². The van der Waals surface area contributed by atoms with Gasteiger partial charge in [-0.2, -0.15) is 0 Å². The molecule has 0 aromatic heterocycles. The van der Waals surface area contributed by atoms with Gasteiger partial charge >= 0.3 is 12.0 Å². The lowest BCUT2D eigenvalue weighted by Gasteiger charge is -2.11. The highest BCUT2D eigenvalue weighted by Gasteiger charge is 2.32. The molecule has 1 aliphatic heterocycles. The maximum absolute atomic E-state index is 10.9. The monoisotopic (exact) mass is 312 g/mol. The van der Waals surface area contributed by atoms with Crippen molar-refractivity contribution in [2.45, 2.75) is 6.23 Å². The van der Waals surface area contributed by atoms with E-state index in [1.807, 2.05) is 0 Å². The van der Waals surface area contributed by atoms with E-state index in [-0.39, 0.29) is 4.48 Å². The van der Waals surface area contributed by atoms with Gasteiger partial charge in [0.2, 0.25) is 6.23 Å². The third kappa shape index (κ3) is 2.22. The van der Waals surface area contributed by atoms with Crippen LogP contribution >= 0.6 is 31.9 Å². The predicted octanol–water partition coefficient (Wildman–Crippen LogP) is 0.800. The molecular formula is C6H6Br2N2O3. The number of nitrogens with one attached hydrogen (secondary N) is 2. The Morgan fingerprint density at radius 1 is 1.54 bits per heavy atom. The SMILES string of the molecule is CNC(=O)N[C@H]1OC(=O)C(Br)=C1Br. The molecular weight excluding hydrogens is 308 g/mol. The van der Waals surface area contributed by atoms with E-state index in [0.717, 1.165) is 0 Å². The minimum atomic E-state index is -0.748. The van der Waals surface area contributed by atoms with Crippen LogP contribution in [-0.2, 0) is 9.53 Å². The number of hydrogen-bond acceptors (Lipinski definition) is 3. The molecule has 1 heterocycles. The summed E-state index contributed by atoms with van der Waals surface area (Å²) in [6.07, 6.45) is -0.748. The molecule has 0 aromatic rings. The molecule has 7 heteroatoms. The van der Waals surface area contributed by atoms with E-state index in [2.05, 4.69) is 42.5 Å². The van der Waals surface area contributed by atoms with Crippen molar-refractivity contribution in [1.29, 1.82) is 0 Å². The quantitative estimate of drug-likeness (QED) is 0.704. The second kappa shape index (κ2) is 4.10. The Morgan fingerprint density at radius 3 is 2.54 bits per heavy atom. The van der Waals surface area contributed by atoms with Crippen LogP contribution in [0.1, 0.15) is 0 Å². The summed E-state index contributed by atoms with van der Waals surface area (Å²) in [6, 6.07) is -0.419. The zero-order valence-corrected chi connectivity index (χ0v) is 9.73. The number of carbonyl (C=O) groups is 2. The zero-order valence-electron chi connectivity index (χ0n) is 6.56. The van der Waals surface area contributed by atoms with Gasteiger partial charge in [0.05, 0.1) is 4.48 Å². The van der Waals surface area contributed by atoms with Gasteiger partial charge in [0.15, 0.2) is 0 Å². The molecule has 72 valence electrons. The summed E-state index contributed by atoms with van der Waals surface area (Å²) >= 11 is 6.12. The lowest BCUT2D eigenvalue weighted by Crippen LogP contribution is -2.41. The Morgan fingerprint density at radius 2 is 2.15 bits per heavy atom. The van der Waals surface area contributed by atoms with Crippen molar-refractivity contribution in [2.24, 2.45) is 0 Å². The average Bonchev–Trinajstić information content (AvgIpc) is 2.34. The van der Waals surface area contributed by atoms with Crippen LogP contribution in [0.25, 0.3) is 0 Å². The first kappa shape index (κ1) is 10.5. The number of hydrogen-bond donors (Lipinski definition) is 2. The Hall–Kier alpha value is -0.560. The maximum Gasteiger partial charge on any atom is 0.348 e. The van der Waals surface area contributed by atoms with Gasteiger partial charge in [-0.15, -0.1) is 0 Å². The summed E-state index contributed by atoms with van der Waals surface area (Å²) in [5.41, 5.74) is 0. The summed E-state index contributed by atoms with van der Waals surface area (Å²) < 4.78 is 5.54. The van der Waals surface area contributed by atoms with Crippen molar-refractivity contribution in [3.8, 4) is 0 Å². The number of cyclic esters (lactones) is 1. The third-order valence-electron chi connectivity index (χ3n) is 1.33. The van der Waals surface area contributed by atoms with Gasteiger partial charge in [0.1, 0.15) is 4.48 Å². The first-order valence-electron chi connectivity index (χ1n) is 3.30. The topological polar surface area (TPSA) is 67.4 Å². The van der Waals surface area contributed by atoms with Crippen molar-refractivity contribution in [3.05, 3.63) is 8.96 Å². The highest BCUT2D eigenvalue weighted by Crippen LogP contribution is 2.29. The van der Waals surface area contributed by atoms with Crippen molar-refractivity contribution in [1.82, 2.24) is 10.6 Å². The van der Waals surface area contributed by atoms with E-state index in [4.69, 9.17) is 4.74 Å². The highest BCUT2D eigenvalue weighted by molar-refractivity contribution is 9.14. The third-order valence-corrected chi connectivity index (χ3v) is 3.43. The molecule has 5 nitrogen and oxygen atoms in total. The second-order valence-corrected chi connectivity index (χ2v) is 3.82. The summed E-state index contributed by atoms with van der Waals surface area (Å²) in [6.45, 7) is 0. The second-order valence-electron chi connectivity index (χ2n) is 2.17. The minimum absolute atomic E-state index is 0.286. The van der Waals surface area contributed by atoms with E-state index < -0.39 is 18.2 Å². The standard InChI is InChI=1S/C6H6Br2N2O3/c1-9-6(12)10-4-2(7)3(8)5(11)13-4/h4H,1H3,(H2,9,10,12)/t4-/m0/s1. The van der Waals surface area contributed by atoms with Gasteiger partial charge in [0.25, 0.3) is 0 Å². The molecule has 0 spiro atoms. The summed E-state index contributed by atoms with van der Waals surface area (Å²) in [4.78, 5) is 21.8. The first-order valence-corrected chi connectivity index (χ1v) is 4.89. The molecule has 0 saturated carbocycles. The number of carbonyl (C=O) groups excluding carboxylic acids is 2. The van der Waals surface area contributed by atoms with Crippen LogP contribution in [0.2, 0.25) is 0 Å². The van der Waals surface area contributed by atoms with E-state index in [1.54, 1.807) is 0 Å². The van der Waals surface area contributed by atoms with Gasteiger partial charge < -0.3 is 10.1 Å². The van der Waals surface area contributed by atoms with Crippen LogP contribution in [0.4, 0.5) is 4.79 Å². The predicted molar refractivity (Wildman–Crippen MR) is 52.4 cm³/mol. The molecule has 0 bridgehead atoms. The van der Waals surface area contributed by atoms with Crippen LogP contribution in [0.5, 0.6) is 0 Å². The van der Waals surface area contributed by atoms with Gasteiger partial charge in [0, 0.05) is 7.05 Å². The van der Waals surface area contributed by atoms with Gasteiger partial charge in [-0.05, 0) is 31.9 Å². The molecule has 0 unspecified atom stereocenters. The summed E-state index contributed by atoms with van der Waals surface area (Å²) in [5.74, 6) is -0.506. The number of ether oxygens (including phenoxy) is 1. The normalized spacial score (nSPS) is 21.5. The molecule has 0 aromatic carbocycles. The molecule has 0 saturated heterocycles. The number of rotatable bonds is 1. The summed E-state index contributed by atoms with van der Waals surface area (Å²) in [7, 11) is 1.47. The molecule has 0 aliphatic carbocycles. The van der Waals surface area contributed by atoms with Crippen LogP contribution in [-0.4, -0.2) is 25.3 Å². The number of amides is 2. The number of esters is 1. The fourth-order valence-electron chi connectivity index (χ4n) is 0.707. The van der Waals surface area contributed by atoms with E-state index in [1.165, 1.54) is 7.05 Å². The number of urea groups is 1. The highest BCUT2D eigenvalue weighted by atomic mass is 79.9. The zero-order chi connectivity index (χ0) is 10.0. The first-order chi connectivity index (χ1) is 6.06. The largest absolute Gasteiger partial charge is 0.433 e. The Kier molecular flexibility index (Phi) is 3.32. The molecule has 13 heavy (non-hydrogen) atoms. The lowest BCUT2D eigenvalue weighted by molar-refractivity contribution is -0.139. The Labute approximate surface area is 91.1 Å². The molecule has 1 aliphatic rings. The van der Waals surface area contributed by atoms with Gasteiger partial charge in [-0.25, -0.2) is 9.59 Å². The smallest absolute Gasteiger partial charge is 0.348 e. The molecule has 1 rings (SSSR count). The molecule has 2 N–H and O–H groups in total.